The molecule has 0 heterocycles. The summed E-state index contributed by atoms with van der Waals surface area (Å²) in [7, 11) is -9.77. The van der Waals surface area contributed by atoms with Crippen LogP contribution in [0.25, 0.3) is 0 Å². The molecule has 62 heavy (non-hydrogen) atoms. The Balaban J connectivity index is 4.81. The molecule has 16 heteroatoms. The van der Waals surface area contributed by atoms with Crippen LogP contribution in [0.1, 0.15) is 136 Å². The lowest BCUT2D eigenvalue weighted by Gasteiger charge is -2.20. The first-order chi connectivity index (χ1) is 29.8. The van der Waals surface area contributed by atoms with Crippen molar-refractivity contribution in [3.05, 3.63) is 97.2 Å². The summed E-state index contributed by atoms with van der Waals surface area (Å²) >= 11 is 0. The summed E-state index contributed by atoms with van der Waals surface area (Å²) in [5, 5.41) is 20.0. The predicted octanol–water partition coefficient (Wildman–Crippen LogP) is 10.3. The van der Waals surface area contributed by atoms with E-state index in [0.717, 1.165) is 44.9 Å². The molecule has 1 unspecified atom stereocenters. The highest BCUT2D eigenvalue weighted by Gasteiger charge is 2.28. The Morgan fingerprint density at radius 1 is 0.532 bits per heavy atom. The zero-order chi connectivity index (χ0) is 46.0. The van der Waals surface area contributed by atoms with Gasteiger partial charge in [0.1, 0.15) is 12.7 Å². The number of aliphatic hydroxyl groups is 2. The van der Waals surface area contributed by atoms with E-state index in [1.54, 1.807) is 12.2 Å². The number of ether oxygens (including phenoxy) is 2. The Kier molecular flexibility index (Phi) is 38.8. The van der Waals surface area contributed by atoms with E-state index in [4.69, 9.17) is 23.8 Å². The van der Waals surface area contributed by atoms with Gasteiger partial charge in [-0.2, -0.15) is 0 Å². The Morgan fingerprint density at radius 2 is 1.00 bits per heavy atom. The van der Waals surface area contributed by atoms with E-state index >= 15 is 0 Å². The first-order valence-corrected chi connectivity index (χ1v) is 25.1. The molecular formula is C46H76O14P2. The van der Waals surface area contributed by atoms with E-state index in [-0.39, 0.29) is 12.8 Å². The van der Waals surface area contributed by atoms with Gasteiger partial charge in [0.2, 0.25) is 0 Å². The molecule has 0 aliphatic heterocycles. The quantitative estimate of drug-likeness (QED) is 0.0127. The van der Waals surface area contributed by atoms with Crippen molar-refractivity contribution in [2.45, 2.75) is 154 Å². The number of unbranched alkanes of at least 4 members (excludes halogenated alkanes) is 7. The first kappa shape index (κ1) is 59.0. The molecule has 0 aromatic rings. The number of hydrogen-bond acceptors (Lipinski definition) is 11. The van der Waals surface area contributed by atoms with Gasteiger partial charge >= 0.3 is 27.6 Å². The molecule has 0 saturated heterocycles. The minimum atomic E-state index is -4.89. The van der Waals surface area contributed by atoms with E-state index < -0.39 is 72.3 Å². The lowest BCUT2D eigenvalue weighted by Crippen LogP contribution is -2.30. The summed E-state index contributed by atoms with van der Waals surface area (Å²) in [6.45, 7) is 1.40. The molecule has 354 valence electrons. The molecule has 0 spiro atoms. The van der Waals surface area contributed by atoms with E-state index in [2.05, 4.69) is 83.7 Å². The number of aliphatic hydroxyl groups excluding tert-OH is 2. The Labute approximate surface area is 371 Å². The molecule has 0 aliphatic rings. The second kappa shape index (κ2) is 40.8. The summed E-state index contributed by atoms with van der Waals surface area (Å²) in [5.74, 6) is -1.31. The molecule has 0 aliphatic carbocycles. The van der Waals surface area contributed by atoms with Gasteiger partial charge in [-0.05, 0) is 83.5 Å². The summed E-state index contributed by atoms with van der Waals surface area (Å²) < 4.78 is 47.6. The highest BCUT2D eigenvalue weighted by atomic mass is 31.2. The van der Waals surface area contributed by atoms with Crippen molar-refractivity contribution in [2.75, 3.05) is 26.4 Å². The monoisotopic (exact) mass is 914 g/mol. The Hall–Kier alpha value is -3.00. The van der Waals surface area contributed by atoms with Gasteiger partial charge in [-0.1, -0.05) is 137 Å². The molecule has 0 saturated carbocycles. The fraction of sp³-hybridized carbons (Fsp3) is 0.609. The predicted molar refractivity (Wildman–Crippen MR) is 245 cm³/mol. The zero-order valence-corrected chi connectivity index (χ0v) is 38.8. The maximum Gasteiger partial charge on any atom is 0.472 e. The SMILES string of the molecule is CCCCC/C=C\C/C=C\C/C=C\C=C\[C@@H](O)CCCC(=O)OC[C@H](COP(=O)(O)OC[C@@H](O)COP(=O)(O)O)OC(=O)CCC/C=C\C/C=C\C/C=C\C/C=C\CCCCC. The van der Waals surface area contributed by atoms with E-state index in [1.165, 1.54) is 38.5 Å². The topological polar surface area (TPSA) is 216 Å². The average molecular weight is 915 g/mol. The molecule has 14 nitrogen and oxygen atoms in total. The number of allylic oxidation sites excluding steroid dienone is 15. The number of carbonyl (C=O) groups excluding carboxylic acids is 2. The third-order valence-corrected chi connectivity index (χ3v) is 9.98. The largest absolute Gasteiger partial charge is 0.472 e. The molecule has 0 bridgehead atoms. The normalized spacial score (nSPS) is 15.4. The van der Waals surface area contributed by atoms with Crippen molar-refractivity contribution >= 4 is 27.6 Å². The Bertz CT molecular complexity index is 1480. The standard InChI is InChI=1S/C46H76O14P2/c1-3-5-7-9-11-13-15-17-18-19-20-22-24-26-28-30-32-36-46(50)60-44(41-59-62(54,55)58-39-43(48)38-57-61(51,52)53)40-56-45(49)37-33-35-42(47)34-31-29-27-25-23-21-16-14-12-10-8-6-4-2/h11-14,17-18,20-23,26-29,31,34,42-44,47-48H,3-10,15-16,19,24-25,30,32-33,35-41H2,1-2H3,(H,54,55)(H2,51,52,53)/b13-11-,14-12-,18-17-,22-20-,23-21-,28-26-,29-27-,34-31+/t42-,43+,44-/m1/s1. The molecule has 0 fully saturated rings. The highest BCUT2D eigenvalue weighted by Crippen LogP contribution is 2.43. The van der Waals surface area contributed by atoms with Crippen LogP contribution >= 0.6 is 15.6 Å². The van der Waals surface area contributed by atoms with Crippen molar-refractivity contribution in [1.82, 2.24) is 0 Å². The Morgan fingerprint density at radius 3 is 1.53 bits per heavy atom. The number of rotatable bonds is 40. The second-order valence-electron chi connectivity index (χ2n) is 14.5. The number of hydrogen-bond donors (Lipinski definition) is 5. The van der Waals surface area contributed by atoms with Crippen molar-refractivity contribution in [3.8, 4) is 0 Å². The molecule has 0 aromatic heterocycles. The third-order valence-electron chi connectivity index (χ3n) is 8.54. The van der Waals surface area contributed by atoms with Gasteiger partial charge in [0.25, 0.3) is 0 Å². The maximum absolute atomic E-state index is 12.7. The summed E-state index contributed by atoms with van der Waals surface area (Å²) in [4.78, 5) is 52.7. The van der Waals surface area contributed by atoms with Gasteiger partial charge in [-0.15, -0.1) is 0 Å². The lowest BCUT2D eigenvalue weighted by atomic mass is 10.1. The van der Waals surface area contributed by atoms with E-state index in [9.17, 15) is 33.8 Å². The van der Waals surface area contributed by atoms with Crippen molar-refractivity contribution in [2.24, 2.45) is 0 Å². The minimum absolute atomic E-state index is 0.00959. The molecule has 0 amide bonds. The fourth-order valence-electron chi connectivity index (χ4n) is 5.15. The van der Waals surface area contributed by atoms with Crippen molar-refractivity contribution in [1.29, 1.82) is 0 Å². The maximum atomic E-state index is 12.7. The lowest BCUT2D eigenvalue weighted by molar-refractivity contribution is -0.161. The van der Waals surface area contributed by atoms with Gasteiger partial charge in [0.05, 0.1) is 25.9 Å². The van der Waals surface area contributed by atoms with Crippen LogP contribution in [0.15, 0.2) is 97.2 Å². The second-order valence-corrected chi connectivity index (χ2v) is 17.2. The summed E-state index contributed by atoms with van der Waals surface area (Å²) in [5.41, 5.74) is 0. The first-order valence-electron chi connectivity index (χ1n) is 22.0. The molecule has 0 rings (SSSR count). The van der Waals surface area contributed by atoms with Gasteiger partial charge < -0.3 is 34.4 Å². The van der Waals surface area contributed by atoms with Gasteiger partial charge in [0, 0.05) is 12.8 Å². The zero-order valence-electron chi connectivity index (χ0n) is 37.0. The van der Waals surface area contributed by atoms with Crippen LogP contribution in [0.2, 0.25) is 0 Å². The fourth-order valence-corrected chi connectivity index (χ4v) is 6.30. The smallest absolute Gasteiger partial charge is 0.462 e. The molecule has 0 aromatic carbocycles. The summed E-state index contributed by atoms with van der Waals surface area (Å²) in [6.07, 6.45) is 44.4. The van der Waals surface area contributed by atoms with Crippen LogP contribution in [0.3, 0.4) is 0 Å². The van der Waals surface area contributed by atoms with Crippen LogP contribution in [0.4, 0.5) is 0 Å². The van der Waals surface area contributed by atoms with Crippen LogP contribution in [0, 0.1) is 0 Å². The van der Waals surface area contributed by atoms with Gasteiger partial charge in [0.15, 0.2) is 6.10 Å². The highest BCUT2D eigenvalue weighted by molar-refractivity contribution is 7.47. The van der Waals surface area contributed by atoms with Gasteiger partial charge in [-0.25, -0.2) is 9.13 Å². The minimum Gasteiger partial charge on any atom is -0.462 e. The number of phosphoric ester groups is 2. The average Bonchev–Trinajstić information content (AvgIpc) is 3.22. The summed E-state index contributed by atoms with van der Waals surface area (Å²) in [6, 6.07) is 0. The number of phosphoric acid groups is 2. The van der Waals surface area contributed by atoms with Gasteiger partial charge in [-0.3, -0.25) is 23.2 Å². The van der Waals surface area contributed by atoms with Crippen molar-refractivity contribution in [3.63, 3.8) is 0 Å². The van der Waals surface area contributed by atoms with Crippen molar-refractivity contribution < 1.29 is 66.7 Å². The molecule has 4 atom stereocenters. The van der Waals surface area contributed by atoms with E-state index in [1.807, 2.05) is 24.3 Å². The number of carbonyl (C=O) groups is 2. The van der Waals surface area contributed by atoms with Crippen LogP contribution < -0.4 is 0 Å². The number of esters is 2. The molecule has 5 N–H and O–H groups in total. The van der Waals surface area contributed by atoms with Crippen LogP contribution in [0.5, 0.6) is 0 Å². The molecular weight excluding hydrogens is 838 g/mol. The van der Waals surface area contributed by atoms with Crippen LogP contribution in [-0.4, -0.2) is 81.6 Å². The van der Waals surface area contributed by atoms with Crippen LogP contribution in [-0.2, 0) is 41.8 Å². The molecule has 0 radical (unpaired) electrons. The third kappa shape index (κ3) is 43.6. The van der Waals surface area contributed by atoms with E-state index in [0.29, 0.717) is 25.7 Å².